The minimum atomic E-state index is -0.318. The molecule has 0 amide bonds. The lowest BCUT2D eigenvalue weighted by Gasteiger charge is -2.36. The Balaban J connectivity index is 0.00000324. The molecule has 1 saturated heterocycles. The Morgan fingerprint density at radius 3 is 2.32 bits per heavy atom. The monoisotopic (exact) mass is 488 g/mol. The Morgan fingerprint density at radius 1 is 0.912 bits per heavy atom. The summed E-state index contributed by atoms with van der Waals surface area (Å²) in [5.41, 5.74) is 2.88. The summed E-state index contributed by atoms with van der Waals surface area (Å²) in [6.45, 7) is 9.23. The van der Waals surface area contributed by atoms with E-state index in [-0.39, 0.29) is 18.0 Å². The number of fused-ring (bicyclic) bond motifs is 1. The number of nitrogens with zero attached hydrogens (tertiary/aromatic N) is 2. The maximum absolute atomic E-state index is 12.0. The quantitative estimate of drug-likeness (QED) is 0.343. The molecule has 0 N–H and O–H groups in total. The van der Waals surface area contributed by atoms with E-state index in [2.05, 4.69) is 21.9 Å². The summed E-state index contributed by atoms with van der Waals surface area (Å²) in [5, 5.41) is 0.871. The molecule has 0 atom stereocenters. The standard InChI is InChI=1S/C26H32N2O5.ClH/c1-18-19(2)26(29)33-23-17-24(31-4)25(16-20(18)23)32-15-7-10-27-11-13-28(14-12-27)21-8-5-6-9-22(21)30-3;/h5-6,8-9,16-17H,7,10-15H2,1-4H3;1H. The number of para-hydroxylation sites is 2. The first kappa shape index (κ1) is 25.7. The van der Waals surface area contributed by atoms with E-state index in [4.69, 9.17) is 18.6 Å². The van der Waals surface area contributed by atoms with Crippen LogP contribution in [-0.2, 0) is 0 Å². The molecule has 3 aromatic rings. The van der Waals surface area contributed by atoms with Crippen molar-refractivity contribution in [3.8, 4) is 17.2 Å². The van der Waals surface area contributed by atoms with Crippen molar-refractivity contribution in [3.05, 3.63) is 57.9 Å². The first-order valence-corrected chi connectivity index (χ1v) is 11.4. The van der Waals surface area contributed by atoms with Crippen LogP contribution in [0.3, 0.4) is 0 Å². The largest absolute Gasteiger partial charge is 0.495 e. The molecule has 7 nitrogen and oxygen atoms in total. The van der Waals surface area contributed by atoms with Crippen LogP contribution in [0.25, 0.3) is 11.0 Å². The van der Waals surface area contributed by atoms with Crippen molar-refractivity contribution in [1.29, 1.82) is 0 Å². The van der Waals surface area contributed by atoms with E-state index < -0.39 is 0 Å². The van der Waals surface area contributed by atoms with Gasteiger partial charge in [0.25, 0.3) is 0 Å². The van der Waals surface area contributed by atoms with Crippen LogP contribution in [0.2, 0.25) is 0 Å². The number of anilines is 1. The molecule has 2 aromatic carbocycles. The molecule has 4 rings (SSSR count). The molecule has 8 heteroatoms. The Hall–Kier alpha value is -2.90. The van der Waals surface area contributed by atoms with E-state index in [0.717, 1.165) is 61.5 Å². The maximum Gasteiger partial charge on any atom is 0.339 e. The van der Waals surface area contributed by atoms with Crippen molar-refractivity contribution in [2.75, 3.05) is 58.5 Å². The fraction of sp³-hybridized carbons (Fsp3) is 0.423. The summed E-state index contributed by atoms with van der Waals surface area (Å²) in [6, 6.07) is 11.8. The fourth-order valence-electron chi connectivity index (χ4n) is 4.30. The number of hydrogen-bond acceptors (Lipinski definition) is 7. The van der Waals surface area contributed by atoms with Gasteiger partial charge in [-0.15, -0.1) is 12.4 Å². The molecule has 1 aliphatic heterocycles. The molecule has 1 aliphatic rings. The van der Waals surface area contributed by atoms with Crippen LogP contribution in [0.5, 0.6) is 17.2 Å². The zero-order valence-electron chi connectivity index (χ0n) is 20.3. The third-order valence-corrected chi connectivity index (χ3v) is 6.42. The van der Waals surface area contributed by atoms with Gasteiger partial charge in [0.15, 0.2) is 11.5 Å². The Bertz CT molecular complexity index is 1170. The summed E-state index contributed by atoms with van der Waals surface area (Å²) in [7, 11) is 3.31. The highest BCUT2D eigenvalue weighted by Gasteiger charge is 2.19. The SMILES string of the molecule is COc1cc2oc(=O)c(C)c(C)c2cc1OCCCN1CCN(c2ccccc2OC)CC1.Cl. The van der Waals surface area contributed by atoms with Crippen molar-refractivity contribution < 1.29 is 18.6 Å². The second-order valence-corrected chi connectivity index (χ2v) is 8.34. The maximum atomic E-state index is 12.0. The minimum Gasteiger partial charge on any atom is -0.495 e. The number of aryl methyl sites for hydroxylation is 1. The highest BCUT2D eigenvalue weighted by Crippen LogP contribution is 2.34. The van der Waals surface area contributed by atoms with Crippen molar-refractivity contribution in [1.82, 2.24) is 4.90 Å². The molecule has 1 aromatic heterocycles. The number of methoxy groups -OCH3 is 2. The predicted molar refractivity (Wildman–Crippen MR) is 138 cm³/mol. The van der Waals surface area contributed by atoms with Gasteiger partial charge in [-0.25, -0.2) is 4.79 Å². The van der Waals surface area contributed by atoms with E-state index in [1.165, 1.54) is 0 Å². The molecule has 1 fully saturated rings. The third-order valence-electron chi connectivity index (χ3n) is 6.42. The Morgan fingerprint density at radius 2 is 1.62 bits per heavy atom. The van der Waals surface area contributed by atoms with Gasteiger partial charge in [-0.3, -0.25) is 4.90 Å². The van der Waals surface area contributed by atoms with Crippen molar-refractivity contribution >= 4 is 29.1 Å². The normalized spacial score (nSPS) is 14.1. The molecule has 0 bridgehead atoms. The molecule has 0 unspecified atom stereocenters. The number of ether oxygens (including phenoxy) is 3. The summed E-state index contributed by atoms with van der Waals surface area (Å²) < 4.78 is 22.5. The number of rotatable bonds is 8. The second-order valence-electron chi connectivity index (χ2n) is 8.34. The van der Waals surface area contributed by atoms with Gasteiger partial charge in [-0.05, 0) is 44.0 Å². The summed E-state index contributed by atoms with van der Waals surface area (Å²) in [4.78, 5) is 16.8. The van der Waals surface area contributed by atoms with Gasteiger partial charge in [0.05, 0.1) is 26.5 Å². The summed E-state index contributed by atoms with van der Waals surface area (Å²) >= 11 is 0. The van der Waals surface area contributed by atoms with Gasteiger partial charge in [0.2, 0.25) is 0 Å². The molecule has 184 valence electrons. The lowest BCUT2D eigenvalue weighted by Crippen LogP contribution is -2.46. The van der Waals surface area contributed by atoms with E-state index in [1.54, 1.807) is 27.2 Å². The zero-order chi connectivity index (χ0) is 23.4. The Kier molecular flexibility index (Phi) is 8.69. The number of benzene rings is 2. The molecular weight excluding hydrogens is 456 g/mol. The average Bonchev–Trinajstić information content (AvgIpc) is 2.85. The minimum absolute atomic E-state index is 0. The fourth-order valence-corrected chi connectivity index (χ4v) is 4.30. The number of halogens is 1. The molecule has 2 heterocycles. The molecule has 0 saturated carbocycles. The second kappa shape index (κ2) is 11.5. The molecular formula is C26H33ClN2O5. The molecule has 0 aliphatic carbocycles. The van der Waals surface area contributed by atoms with Crippen LogP contribution in [0.15, 0.2) is 45.6 Å². The summed E-state index contributed by atoms with van der Waals surface area (Å²) in [6.07, 6.45) is 0.914. The predicted octanol–water partition coefficient (Wildman–Crippen LogP) is 4.44. The van der Waals surface area contributed by atoms with E-state index in [1.807, 2.05) is 25.1 Å². The van der Waals surface area contributed by atoms with Crippen LogP contribution >= 0.6 is 12.4 Å². The van der Waals surface area contributed by atoms with Crippen molar-refractivity contribution in [2.24, 2.45) is 0 Å². The first-order valence-electron chi connectivity index (χ1n) is 11.4. The average molecular weight is 489 g/mol. The van der Waals surface area contributed by atoms with E-state index >= 15 is 0 Å². The third kappa shape index (κ3) is 5.42. The van der Waals surface area contributed by atoms with Gasteiger partial charge < -0.3 is 23.5 Å². The number of hydrogen-bond donors (Lipinski definition) is 0. The van der Waals surface area contributed by atoms with Crippen LogP contribution in [0.1, 0.15) is 17.5 Å². The van der Waals surface area contributed by atoms with Crippen molar-refractivity contribution in [2.45, 2.75) is 20.3 Å². The zero-order valence-corrected chi connectivity index (χ0v) is 21.1. The topological polar surface area (TPSA) is 64.4 Å². The first-order chi connectivity index (χ1) is 16.0. The van der Waals surface area contributed by atoms with Gasteiger partial charge in [0.1, 0.15) is 11.3 Å². The van der Waals surface area contributed by atoms with Crippen LogP contribution in [-0.4, -0.2) is 58.5 Å². The van der Waals surface area contributed by atoms with Gasteiger partial charge in [0, 0.05) is 49.7 Å². The van der Waals surface area contributed by atoms with Crippen LogP contribution < -0.4 is 24.7 Å². The lowest BCUT2D eigenvalue weighted by atomic mass is 10.1. The summed E-state index contributed by atoms with van der Waals surface area (Å²) in [5.74, 6) is 2.16. The molecule has 0 radical (unpaired) electrons. The highest BCUT2D eigenvalue weighted by atomic mass is 35.5. The van der Waals surface area contributed by atoms with Crippen LogP contribution in [0, 0.1) is 13.8 Å². The molecule has 0 spiro atoms. The van der Waals surface area contributed by atoms with E-state index in [9.17, 15) is 4.79 Å². The van der Waals surface area contributed by atoms with Gasteiger partial charge >= 0.3 is 5.63 Å². The van der Waals surface area contributed by atoms with Crippen molar-refractivity contribution in [3.63, 3.8) is 0 Å². The number of piperazine rings is 1. The lowest BCUT2D eigenvalue weighted by molar-refractivity contribution is 0.221. The Labute approximate surface area is 206 Å². The highest BCUT2D eigenvalue weighted by molar-refractivity contribution is 5.85. The van der Waals surface area contributed by atoms with Gasteiger partial charge in [-0.2, -0.15) is 0 Å². The molecule has 34 heavy (non-hydrogen) atoms. The van der Waals surface area contributed by atoms with E-state index in [0.29, 0.717) is 29.3 Å². The van der Waals surface area contributed by atoms with Gasteiger partial charge in [-0.1, -0.05) is 12.1 Å². The van der Waals surface area contributed by atoms with Crippen LogP contribution in [0.4, 0.5) is 5.69 Å². The smallest absolute Gasteiger partial charge is 0.339 e.